The Morgan fingerprint density at radius 3 is 3.00 bits per heavy atom. The van der Waals surface area contributed by atoms with E-state index in [0.717, 1.165) is 48.8 Å². The molecule has 0 bridgehead atoms. The summed E-state index contributed by atoms with van der Waals surface area (Å²) < 4.78 is 9.85. The smallest absolute Gasteiger partial charge is 0.160 e. The third kappa shape index (κ3) is 4.10. The fourth-order valence-corrected chi connectivity index (χ4v) is 3.39. The van der Waals surface area contributed by atoms with Gasteiger partial charge in [-0.3, -0.25) is 4.68 Å². The molecule has 0 fully saturated rings. The molecule has 142 valence electrons. The minimum Gasteiger partial charge on any atom is -0.394 e. The molecule has 7 nitrogen and oxygen atoms in total. The number of hydrogen-bond donors (Lipinski definition) is 2. The first kappa shape index (κ1) is 17.9. The molecule has 0 radical (unpaired) electrons. The van der Waals surface area contributed by atoms with Gasteiger partial charge in [-0.05, 0) is 24.6 Å². The number of imidazole rings is 1. The van der Waals surface area contributed by atoms with Crippen LogP contribution in [0.25, 0.3) is 11.5 Å². The van der Waals surface area contributed by atoms with Crippen LogP contribution in [0.1, 0.15) is 23.7 Å². The fourth-order valence-electron chi connectivity index (χ4n) is 3.39. The average molecular weight is 367 g/mol. The van der Waals surface area contributed by atoms with Gasteiger partial charge in [0.2, 0.25) is 0 Å². The summed E-state index contributed by atoms with van der Waals surface area (Å²) in [5, 5.41) is 18.0. The second-order valence-electron chi connectivity index (χ2n) is 6.77. The molecule has 4 rings (SSSR count). The maximum atomic E-state index is 9.90. The molecule has 1 aliphatic heterocycles. The Morgan fingerprint density at radius 2 is 2.15 bits per heavy atom. The molecule has 1 aliphatic rings. The fraction of sp³-hybridized carbons (Fsp3) is 0.400. The number of aryl methyl sites for hydroxylation is 1. The van der Waals surface area contributed by atoms with Crippen LogP contribution in [-0.2, 0) is 24.4 Å². The zero-order valence-electron chi connectivity index (χ0n) is 15.3. The highest BCUT2D eigenvalue weighted by molar-refractivity contribution is 5.50. The van der Waals surface area contributed by atoms with E-state index < -0.39 is 0 Å². The monoisotopic (exact) mass is 367 g/mol. The molecule has 0 saturated heterocycles. The van der Waals surface area contributed by atoms with Crippen LogP contribution >= 0.6 is 0 Å². The highest BCUT2D eigenvalue weighted by atomic mass is 16.5. The van der Waals surface area contributed by atoms with Crippen molar-refractivity contribution in [2.45, 2.75) is 32.2 Å². The number of aromatic nitrogens is 4. The topological polar surface area (TPSA) is 77.1 Å². The van der Waals surface area contributed by atoms with Crippen molar-refractivity contribution in [1.29, 1.82) is 0 Å². The van der Waals surface area contributed by atoms with Gasteiger partial charge < -0.3 is 19.7 Å². The first-order valence-corrected chi connectivity index (χ1v) is 9.38. The number of aliphatic hydroxyl groups excluding tert-OH is 1. The molecule has 27 heavy (non-hydrogen) atoms. The summed E-state index contributed by atoms with van der Waals surface area (Å²) in [6.07, 6.45) is 4.69. The second kappa shape index (κ2) is 8.47. The van der Waals surface area contributed by atoms with Crippen LogP contribution in [0.15, 0.2) is 48.8 Å². The second-order valence-corrected chi connectivity index (χ2v) is 6.77. The van der Waals surface area contributed by atoms with Crippen LogP contribution in [0.5, 0.6) is 0 Å². The molecule has 0 unspecified atom stereocenters. The number of rotatable bonds is 7. The Hall–Kier alpha value is -2.48. The van der Waals surface area contributed by atoms with E-state index in [1.807, 2.05) is 45.8 Å². The molecule has 3 heterocycles. The average Bonchev–Trinajstić information content (AvgIpc) is 3.28. The minimum atomic E-state index is -0.203. The van der Waals surface area contributed by atoms with E-state index in [9.17, 15) is 5.11 Å². The van der Waals surface area contributed by atoms with E-state index >= 15 is 0 Å². The van der Waals surface area contributed by atoms with Crippen LogP contribution in [0, 0.1) is 0 Å². The lowest BCUT2D eigenvalue weighted by atomic mass is 10.2. The number of benzene rings is 1. The normalized spacial score (nSPS) is 15.3. The molecule has 2 N–H and O–H groups in total. The summed E-state index contributed by atoms with van der Waals surface area (Å²) >= 11 is 0. The standard InChI is InChI=1S/C20H25N5O2/c26-13-18(15-27-14-16-5-2-1-3-6-16)24-10-8-22-20(24)19-11-17-12-21-7-4-9-25(17)23-19/h1-3,5-6,8,10-11,18,21,26H,4,7,9,12-15H2/t18-/m1/s1. The van der Waals surface area contributed by atoms with E-state index in [2.05, 4.69) is 16.4 Å². The van der Waals surface area contributed by atoms with Crippen molar-refractivity contribution in [3.05, 3.63) is 60.0 Å². The van der Waals surface area contributed by atoms with Gasteiger partial charge in [-0.25, -0.2) is 4.98 Å². The third-order valence-electron chi connectivity index (χ3n) is 4.82. The Bertz CT molecular complexity index is 835. The van der Waals surface area contributed by atoms with Crippen molar-refractivity contribution in [3.63, 3.8) is 0 Å². The van der Waals surface area contributed by atoms with Crippen LogP contribution in [0.4, 0.5) is 0 Å². The van der Waals surface area contributed by atoms with Gasteiger partial charge in [0.05, 0.1) is 31.6 Å². The molecular weight excluding hydrogens is 342 g/mol. The molecule has 0 spiro atoms. The van der Waals surface area contributed by atoms with Gasteiger partial charge >= 0.3 is 0 Å². The van der Waals surface area contributed by atoms with Crippen molar-refractivity contribution in [1.82, 2.24) is 24.6 Å². The van der Waals surface area contributed by atoms with E-state index in [-0.39, 0.29) is 12.6 Å². The van der Waals surface area contributed by atoms with Crippen LogP contribution in [0.3, 0.4) is 0 Å². The summed E-state index contributed by atoms with van der Waals surface area (Å²) in [5.41, 5.74) is 3.11. The van der Waals surface area contributed by atoms with E-state index in [4.69, 9.17) is 9.84 Å². The summed E-state index contributed by atoms with van der Waals surface area (Å²) in [5.74, 6) is 0.762. The quantitative estimate of drug-likeness (QED) is 0.668. The first-order chi connectivity index (χ1) is 13.3. The Kier molecular flexibility index (Phi) is 5.62. The first-order valence-electron chi connectivity index (χ1n) is 9.38. The molecule has 2 aromatic heterocycles. The van der Waals surface area contributed by atoms with Crippen molar-refractivity contribution in [2.75, 3.05) is 19.8 Å². The van der Waals surface area contributed by atoms with Gasteiger partial charge in [-0.2, -0.15) is 5.10 Å². The molecular formula is C20H25N5O2. The lowest BCUT2D eigenvalue weighted by molar-refractivity contribution is 0.0675. The predicted octanol–water partition coefficient (Wildman–Crippen LogP) is 1.99. The summed E-state index contributed by atoms with van der Waals surface area (Å²) in [6, 6.07) is 11.9. The van der Waals surface area contributed by atoms with Crippen molar-refractivity contribution in [3.8, 4) is 11.5 Å². The molecule has 7 heteroatoms. The SMILES string of the molecule is OC[C@H](COCc1ccccc1)n1ccnc1-c1cc2n(n1)CCCNC2. The van der Waals surface area contributed by atoms with Crippen molar-refractivity contribution < 1.29 is 9.84 Å². The van der Waals surface area contributed by atoms with Crippen LogP contribution in [0.2, 0.25) is 0 Å². The van der Waals surface area contributed by atoms with E-state index in [1.54, 1.807) is 6.20 Å². The van der Waals surface area contributed by atoms with Gasteiger partial charge in [0.1, 0.15) is 5.69 Å². The van der Waals surface area contributed by atoms with Gasteiger partial charge in [-0.15, -0.1) is 0 Å². The van der Waals surface area contributed by atoms with Gasteiger partial charge in [0.25, 0.3) is 0 Å². The molecule has 1 aromatic carbocycles. The Morgan fingerprint density at radius 1 is 1.26 bits per heavy atom. The molecule has 1 atom stereocenters. The molecule has 0 aliphatic carbocycles. The number of aliphatic hydroxyl groups is 1. The Labute approximate surface area is 158 Å². The maximum absolute atomic E-state index is 9.90. The van der Waals surface area contributed by atoms with Crippen molar-refractivity contribution >= 4 is 0 Å². The zero-order valence-corrected chi connectivity index (χ0v) is 15.3. The number of hydrogen-bond acceptors (Lipinski definition) is 5. The number of fused-ring (bicyclic) bond motifs is 1. The summed E-state index contributed by atoms with van der Waals surface area (Å²) in [6.45, 7) is 3.64. The summed E-state index contributed by atoms with van der Waals surface area (Å²) in [4.78, 5) is 4.49. The Balaban J connectivity index is 1.48. The molecule has 0 amide bonds. The third-order valence-corrected chi connectivity index (χ3v) is 4.82. The zero-order chi connectivity index (χ0) is 18.5. The maximum Gasteiger partial charge on any atom is 0.160 e. The highest BCUT2D eigenvalue weighted by Gasteiger charge is 2.19. The van der Waals surface area contributed by atoms with E-state index in [1.165, 1.54) is 0 Å². The minimum absolute atomic E-state index is 0.0206. The number of nitrogens with zero attached hydrogens (tertiary/aromatic N) is 4. The number of ether oxygens (including phenoxy) is 1. The van der Waals surface area contributed by atoms with E-state index in [0.29, 0.717) is 13.2 Å². The van der Waals surface area contributed by atoms with Crippen LogP contribution in [-0.4, -0.2) is 44.2 Å². The lowest BCUT2D eigenvalue weighted by Crippen LogP contribution is -2.19. The highest BCUT2D eigenvalue weighted by Crippen LogP contribution is 2.22. The van der Waals surface area contributed by atoms with Gasteiger partial charge in [0, 0.05) is 25.5 Å². The molecule has 0 saturated carbocycles. The van der Waals surface area contributed by atoms with Gasteiger partial charge in [0.15, 0.2) is 5.82 Å². The van der Waals surface area contributed by atoms with Gasteiger partial charge in [-0.1, -0.05) is 30.3 Å². The van der Waals surface area contributed by atoms with Crippen LogP contribution < -0.4 is 5.32 Å². The predicted molar refractivity (Wildman–Crippen MR) is 102 cm³/mol. The number of nitrogens with one attached hydrogen (secondary N) is 1. The largest absolute Gasteiger partial charge is 0.394 e. The summed E-state index contributed by atoms with van der Waals surface area (Å²) in [7, 11) is 0. The lowest BCUT2D eigenvalue weighted by Gasteiger charge is -2.18. The molecule has 3 aromatic rings. The van der Waals surface area contributed by atoms with Crippen molar-refractivity contribution in [2.24, 2.45) is 0 Å².